The van der Waals surface area contributed by atoms with Crippen LogP contribution in [0.5, 0.6) is 0 Å². The summed E-state index contributed by atoms with van der Waals surface area (Å²) in [5, 5.41) is 6.41. The molecule has 114 valence electrons. The zero-order valence-corrected chi connectivity index (χ0v) is 12.9. The van der Waals surface area contributed by atoms with Crippen molar-refractivity contribution in [2.75, 3.05) is 25.0 Å². The smallest absolute Gasteiger partial charge is 0.219 e. The third-order valence-electron chi connectivity index (χ3n) is 3.73. The first kappa shape index (κ1) is 15.7. The minimum absolute atomic E-state index is 0.137. The van der Waals surface area contributed by atoms with E-state index in [1.54, 1.807) is 25.1 Å². The molecule has 2 N–H and O–H groups in total. The lowest BCUT2D eigenvalue weighted by molar-refractivity contribution is -0.130. The van der Waals surface area contributed by atoms with E-state index in [4.69, 9.17) is 12.2 Å². The van der Waals surface area contributed by atoms with Crippen LogP contribution >= 0.6 is 12.2 Å². The highest BCUT2D eigenvalue weighted by atomic mass is 32.1. The number of piperidine rings is 1. The van der Waals surface area contributed by atoms with Crippen LogP contribution in [0.4, 0.5) is 10.1 Å². The van der Waals surface area contributed by atoms with Crippen molar-refractivity contribution < 1.29 is 9.18 Å². The van der Waals surface area contributed by atoms with Crippen LogP contribution in [0.15, 0.2) is 24.3 Å². The summed E-state index contributed by atoms with van der Waals surface area (Å²) >= 11 is 5.18. The van der Waals surface area contributed by atoms with E-state index < -0.39 is 0 Å². The molecule has 6 heteroatoms. The maximum absolute atomic E-state index is 13.5. The molecule has 0 atom stereocenters. The highest BCUT2D eigenvalue weighted by Crippen LogP contribution is 2.16. The predicted molar refractivity (Wildman–Crippen MR) is 85.6 cm³/mol. The summed E-state index contributed by atoms with van der Waals surface area (Å²) in [4.78, 5) is 13.1. The monoisotopic (exact) mass is 309 g/mol. The average Bonchev–Trinajstić information content (AvgIpc) is 2.48. The normalized spacial score (nSPS) is 15.6. The maximum Gasteiger partial charge on any atom is 0.219 e. The predicted octanol–water partition coefficient (Wildman–Crippen LogP) is 2.37. The van der Waals surface area contributed by atoms with Gasteiger partial charge >= 0.3 is 0 Å². The second kappa shape index (κ2) is 7.36. The number of carbonyl (C=O) groups excluding carboxylic acids is 1. The summed E-state index contributed by atoms with van der Waals surface area (Å²) in [6.45, 7) is 3.95. The molecule has 1 aliphatic heterocycles. The van der Waals surface area contributed by atoms with Gasteiger partial charge in [-0.15, -0.1) is 0 Å². The summed E-state index contributed by atoms with van der Waals surface area (Å²) < 4.78 is 13.5. The van der Waals surface area contributed by atoms with Crippen LogP contribution in [0.3, 0.4) is 0 Å². The van der Waals surface area contributed by atoms with E-state index in [9.17, 15) is 9.18 Å². The van der Waals surface area contributed by atoms with E-state index in [1.807, 2.05) is 4.90 Å². The number of carbonyl (C=O) groups is 1. The first-order valence-corrected chi connectivity index (χ1v) is 7.52. The van der Waals surface area contributed by atoms with Crippen LogP contribution in [-0.2, 0) is 4.79 Å². The minimum Gasteiger partial charge on any atom is -0.362 e. The second-order valence-electron chi connectivity index (χ2n) is 5.26. The van der Waals surface area contributed by atoms with Gasteiger partial charge in [-0.2, -0.15) is 0 Å². The van der Waals surface area contributed by atoms with Crippen molar-refractivity contribution in [1.29, 1.82) is 0 Å². The highest BCUT2D eigenvalue weighted by molar-refractivity contribution is 7.80. The summed E-state index contributed by atoms with van der Waals surface area (Å²) in [6, 6.07) is 6.43. The molecule has 1 heterocycles. The van der Waals surface area contributed by atoms with Gasteiger partial charge in [0.25, 0.3) is 0 Å². The average molecular weight is 309 g/mol. The number of para-hydroxylation sites is 1. The molecule has 1 aliphatic rings. The molecule has 0 spiro atoms. The third kappa shape index (κ3) is 4.67. The minimum atomic E-state index is -0.323. The van der Waals surface area contributed by atoms with Gasteiger partial charge in [-0.1, -0.05) is 12.1 Å². The quantitative estimate of drug-likeness (QED) is 0.842. The Morgan fingerprint density at radius 2 is 2.05 bits per heavy atom. The molecule has 0 bridgehead atoms. The SMILES string of the molecule is CC(=O)N1CCC(CNC(=S)Nc2ccccc2F)CC1. The number of amides is 1. The molecular weight excluding hydrogens is 289 g/mol. The molecule has 0 aliphatic carbocycles. The van der Waals surface area contributed by atoms with Crippen molar-refractivity contribution >= 4 is 28.9 Å². The molecule has 0 saturated carbocycles. The maximum atomic E-state index is 13.5. The molecule has 21 heavy (non-hydrogen) atoms. The summed E-state index contributed by atoms with van der Waals surface area (Å²) in [7, 11) is 0. The molecule has 0 aromatic heterocycles. The van der Waals surface area contributed by atoms with Crippen molar-refractivity contribution in [2.24, 2.45) is 5.92 Å². The Kier molecular flexibility index (Phi) is 5.50. The fourth-order valence-electron chi connectivity index (χ4n) is 2.42. The highest BCUT2D eigenvalue weighted by Gasteiger charge is 2.20. The zero-order chi connectivity index (χ0) is 15.2. The lowest BCUT2D eigenvalue weighted by Gasteiger charge is -2.31. The molecule has 1 fully saturated rings. The van der Waals surface area contributed by atoms with Crippen molar-refractivity contribution in [3.8, 4) is 0 Å². The lowest BCUT2D eigenvalue weighted by Crippen LogP contribution is -2.41. The van der Waals surface area contributed by atoms with E-state index in [0.29, 0.717) is 16.7 Å². The molecule has 0 unspecified atom stereocenters. The number of hydrogen-bond acceptors (Lipinski definition) is 2. The summed E-state index contributed by atoms with van der Waals surface area (Å²) in [6.07, 6.45) is 1.93. The Balaban J connectivity index is 1.73. The van der Waals surface area contributed by atoms with Gasteiger partial charge in [0.15, 0.2) is 5.11 Å². The molecule has 1 saturated heterocycles. The van der Waals surface area contributed by atoms with Crippen LogP contribution < -0.4 is 10.6 Å². The largest absolute Gasteiger partial charge is 0.362 e. The zero-order valence-electron chi connectivity index (χ0n) is 12.1. The van der Waals surface area contributed by atoms with E-state index >= 15 is 0 Å². The standard InChI is InChI=1S/C15H20FN3OS/c1-11(20)19-8-6-12(7-9-19)10-17-15(21)18-14-5-3-2-4-13(14)16/h2-5,12H,6-10H2,1H3,(H2,17,18,21). The number of hydrogen-bond donors (Lipinski definition) is 2. The van der Waals surface area contributed by atoms with E-state index in [0.717, 1.165) is 32.5 Å². The Bertz CT molecular complexity index is 515. The van der Waals surface area contributed by atoms with Crippen LogP contribution in [0.2, 0.25) is 0 Å². The molecule has 0 radical (unpaired) electrons. The third-order valence-corrected chi connectivity index (χ3v) is 3.98. The molecule has 1 aromatic rings. The van der Waals surface area contributed by atoms with Gasteiger partial charge in [0.05, 0.1) is 5.69 Å². The van der Waals surface area contributed by atoms with Crippen LogP contribution in [-0.4, -0.2) is 35.6 Å². The van der Waals surface area contributed by atoms with Gasteiger partial charge in [0.1, 0.15) is 5.82 Å². The van der Waals surface area contributed by atoms with E-state index in [2.05, 4.69) is 10.6 Å². The first-order valence-electron chi connectivity index (χ1n) is 7.11. The first-order chi connectivity index (χ1) is 10.1. The van der Waals surface area contributed by atoms with Crippen molar-refractivity contribution in [1.82, 2.24) is 10.2 Å². The molecule has 2 rings (SSSR count). The van der Waals surface area contributed by atoms with E-state index in [-0.39, 0.29) is 11.7 Å². The van der Waals surface area contributed by atoms with Crippen LogP contribution in [0.1, 0.15) is 19.8 Å². The number of benzene rings is 1. The van der Waals surface area contributed by atoms with Crippen molar-refractivity contribution in [3.05, 3.63) is 30.1 Å². The lowest BCUT2D eigenvalue weighted by atomic mass is 9.97. The van der Waals surface area contributed by atoms with Gasteiger partial charge in [-0.25, -0.2) is 4.39 Å². The second-order valence-corrected chi connectivity index (χ2v) is 5.67. The summed E-state index contributed by atoms with van der Waals surface area (Å²) in [5.41, 5.74) is 0.376. The van der Waals surface area contributed by atoms with Crippen LogP contribution in [0, 0.1) is 11.7 Å². The van der Waals surface area contributed by atoms with Gasteiger partial charge in [-0.05, 0) is 43.1 Å². The number of halogens is 1. The molecule has 1 amide bonds. The topological polar surface area (TPSA) is 44.4 Å². The Labute approximate surface area is 129 Å². The number of rotatable bonds is 3. The molecule has 1 aromatic carbocycles. The molecular formula is C15H20FN3OS. The van der Waals surface area contributed by atoms with Crippen molar-refractivity contribution in [3.63, 3.8) is 0 Å². The van der Waals surface area contributed by atoms with E-state index in [1.165, 1.54) is 6.07 Å². The van der Waals surface area contributed by atoms with Gasteiger partial charge in [0, 0.05) is 26.6 Å². The Hall–Kier alpha value is -1.69. The Morgan fingerprint density at radius 1 is 1.38 bits per heavy atom. The van der Waals surface area contributed by atoms with Gasteiger partial charge < -0.3 is 15.5 Å². The number of nitrogens with one attached hydrogen (secondary N) is 2. The fourth-order valence-corrected chi connectivity index (χ4v) is 2.61. The Morgan fingerprint density at radius 3 is 2.67 bits per heavy atom. The summed E-state index contributed by atoms with van der Waals surface area (Å²) in [5.74, 6) is 0.301. The number of nitrogens with zero attached hydrogens (tertiary/aromatic N) is 1. The van der Waals surface area contributed by atoms with Gasteiger partial charge in [-0.3, -0.25) is 4.79 Å². The number of likely N-dealkylation sites (tertiary alicyclic amines) is 1. The van der Waals surface area contributed by atoms with Crippen LogP contribution in [0.25, 0.3) is 0 Å². The molecule has 4 nitrogen and oxygen atoms in total. The van der Waals surface area contributed by atoms with Crippen molar-refractivity contribution in [2.45, 2.75) is 19.8 Å². The fraction of sp³-hybridized carbons (Fsp3) is 0.467. The number of anilines is 1. The van der Waals surface area contributed by atoms with Gasteiger partial charge in [0.2, 0.25) is 5.91 Å². The number of thiocarbonyl (C=S) groups is 1.